The van der Waals surface area contributed by atoms with Crippen LogP contribution >= 0.6 is 0 Å². The molecular weight excluding hydrogens is 266 g/mol. The molecule has 2 aromatic rings. The lowest BCUT2D eigenvalue weighted by atomic mass is 10.2. The average molecular weight is 291 g/mol. The number of hydrogen-bond acceptors (Lipinski definition) is 4. The van der Waals surface area contributed by atoms with E-state index in [1.807, 2.05) is 24.9 Å². The second kappa shape index (κ2) is 7.26. The molecule has 21 heavy (non-hydrogen) atoms. The van der Waals surface area contributed by atoms with Crippen LogP contribution in [0, 0.1) is 6.92 Å². The van der Waals surface area contributed by atoms with Gasteiger partial charge in [0, 0.05) is 20.1 Å². The molecule has 0 aliphatic heterocycles. The first-order chi connectivity index (χ1) is 10.2. The maximum Gasteiger partial charge on any atom is 0.222 e. The number of aryl methyl sites for hydroxylation is 3. The topological polar surface area (TPSA) is 56.9 Å². The van der Waals surface area contributed by atoms with Crippen LogP contribution in [0.25, 0.3) is 0 Å². The molecule has 0 aromatic carbocycles. The van der Waals surface area contributed by atoms with Gasteiger partial charge in [0.15, 0.2) is 5.75 Å². The maximum absolute atomic E-state index is 6.00. The Hall–Kier alpha value is -1.82. The van der Waals surface area contributed by atoms with Crippen LogP contribution in [0.3, 0.4) is 0 Å². The van der Waals surface area contributed by atoms with Gasteiger partial charge in [0.2, 0.25) is 5.88 Å². The van der Waals surface area contributed by atoms with Crippen molar-refractivity contribution in [1.82, 2.24) is 24.9 Å². The summed E-state index contributed by atoms with van der Waals surface area (Å²) in [7, 11) is 1.90. The highest BCUT2D eigenvalue weighted by Gasteiger charge is 2.15. The third-order valence-corrected chi connectivity index (χ3v) is 3.29. The Bertz CT molecular complexity index is 573. The fraction of sp³-hybridized carbons (Fsp3) is 0.600. The van der Waals surface area contributed by atoms with Crippen LogP contribution in [0.4, 0.5) is 0 Å². The summed E-state index contributed by atoms with van der Waals surface area (Å²) in [4.78, 5) is 0. The van der Waals surface area contributed by atoms with Crippen molar-refractivity contribution in [3.05, 3.63) is 23.7 Å². The van der Waals surface area contributed by atoms with Crippen molar-refractivity contribution in [2.75, 3.05) is 6.54 Å². The summed E-state index contributed by atoms with van der Waals surface area (Å²) in [5.41, 5.74) is 2.10. The Balaban J connectivity index is 2.13. The highest BCUT2D eigenvalue weighted by Crippen LogP contribution is 2.26. The highest BCUT2D eigenvalue weighted by atomic mass is 16.5. The Labute approximate surface area is 126 Å². The normalized spacial score (nSPS) is 11.0. The van der Waals surface area contributed by atoms with Gasteiger partial charge < -0.3 is 10.1 Å². The standard InChI is InChI=1S/C15H25N5O/c1-5-7-16-10-14-12(3)18-19(4)15(14)21-13-9-17-20(11-13)8-6-2/h9,11,16H,5-8,10H2,1-4H3. The fourth-order valence-corrected chi connectivity index (χ4v) is 2.26. The van der Waals surface area contributed by atoms with E-state index in [1.54, 1.807) is 10.9 Å². The third-order valence-electron chi connectivity index (χ3n) is 3.29. The number of rotatable bonds is 8. The van der Waals surface area contributed by atoms with E-state index in [4.69, 9.17) is 4.74 Å². The van der Waals surface area contributed by atoms with E-state index in [9.17, 15) is 0 Å². The molecule has 0 amide bonds. The van der Waals surface area contributed by atoms with Gasteiger partial charge in [-0.15, -0.1) is 0 Å². The second-order valence-corrected chi connectivity index (χ2v) is 5.21. The summed E-state index contributed by atoms with van der Waals surface area (Å²) in [6, 6.07) is 0. The Kier molecular flexibility index (Phi) is 5.38. The minimum absolute atomic E-state index is 0.753. The van der Waals surface area contributed by atoms with Gasteiger partial charge in [-0.25, -0.2) is 4.68 Å². The van der Waals surface area contributed by atoms with Crippen molar-refractivity contribution < 1.29 is 4.74 Å². The Morgan fingerprint density at radius 3 is 2.81 bits per heavy atom. The molecule has 0 aliphatic carbocycles. The minimum Gasteiger partial charge on any atom is -0.436 e. The average Bonchev–Trinajstić information content (AvgIpc) is 2.99. The smallest absolute Gasteiger partial charge is 0.222 e. The first-order valence-corrected chi connectivity index (χ1v) is 7.59. The molecule has 6 heteroatoms. The van der Waals surface area contributed by atoms with Crippen LogP contribution in [0.1, 0.15) is 37.9 Å². The first-order valence-electron chi connectivity index (χ1n) is 7.59. The molecule has 0 saturated heterocycles. The molecule has 2 heterocycles. The highest BCUT2D eigenvalue weighted by molar-refractivity contribution is 5.34. The van der Waals surface area contributed by atoms with Gasteiger partial charge in [-0.05, 0) is 26.3 Å². The Morgan fingerprint density at radius 1 is 1.29 bits per heavy atom. The number of aromatic nitrogens is 4. The van der Waals surface area contributed by atoms with Crippen molar-refractivity contribution >= 4 is 0 Å². The lowest BCUT2D eigenvalue weighted by Gasteiger charge is -2.08. The lowest BCUT2D eigenvalue weighted by Crippen LogP contribution is -2.14. The van der Waals surface area contributed by atoms with E-state index >= 15 is 0 Å². The molecule has 6 nitrogen and oxygen atoms in total. The fourth-order valence-electron chi connectivity index (χ4n) is 2.26. The van der Waals surface area contributed by atoms with Crippen molar-refractivity contribution in [3.8, 4) is 11.6 Å². The van der Waals surface area contributed by atoms with Gasteiger partial charge in [0.1, 0.15) is 0 Å². The largest absolute Gasteiger partial charge is 0.436 e. The predicted octanol–water partition coefficient (Wildman–Crippen LogP) is 2.63. The Morgan fingerprint density at radius 2 is 2.10 bits per heavy atom. The summed E-state index contributed by atoms with van der Waals surface area (Å²) < 4.78 is 9.68. The molecule has 0 bridgehead atoms. The van der Waals surface area contributed by atoms with Gasteiger partial charge >= 0.3 is 0 Å². The molecule has 2 rings (SSSR count). The van der Waals surface area contributed by atoms with E-state index in [2.05, 4.69) is 29.4 Å². The van der Waals surface area contributed by atoms with Gasteiger partial charge in [-0.3, -0.25) is 4.68 Å². The quantitative estimate of drug-likeness (QED) is 0.760. The van der Waals surface area contributed by atoms with Gasteiger partial charge in [-0.2, -0.15) is 10.2 Å². The van der Waals surface area contributed by atoms with E-state index in [1.165, 1.54) is 0 Å². The van der Waals surface area contributed by atoms with E-state index in [0.29, 0.717) is 0 Å². The monoisotopic (exact) mass is 291 g/mol. The summed E-state index contributed by atoms with van der Waals surface area (Å²) in [6.07, 6.45) is 5.84. The molecule has 0 fully saturated rings. The van der Waals surface area contributed by atoms with Crippen LogP contribution in [0.15, 0.2) is 12.4 Å². The zero-order chi connectivity index (χ0) is 15.2. The zero-order valence-electron chi connectivity index (χ0n) is 13.4. The van der Waals surface area contributed by atoms with Gasteiger partial charge in [0.05, 0.1) is 23.7 Å². The number of hydrogen-bond donors (Lipinski definition) is 1. The third kappa shape index (κ3) is 3.85. The first kappa shape index (κ1) is 15.6. The molecular formula is C15H25N5O. The van der Waals surface area contributed by atoms with Crippen molar-refractivity contribution in [2.45, 2.75) is 46.7 Å². The summed E-state index contributed by atoms with van der Waals surface area (Å²) in [5, 5.41) is 12.1. The summed E-state index contributed by atoms with van der Waals surface area (Å²) >= 11 is 0. The number of nitrogens with one attached hydrogen (secondary N) is 1. The maximum atomic E-state index is 6.00. The van der Waals surface area contributed by atoms with Crippen molar-refractivity contribution in [3.63, 3.8) is 0 Å². The molecule has 0 spiro atoms. The molecule has 0 aliphatic rings. The zero-order valence-corrected chi connectivity index (χ0v) is 13.4. The van der Waals surface area contributed by atoms with E-state index in [-0.39, 0.29) is 0 Å². The number of nitrogens with zero attached hydrogens (tertiary/aromatic N) is 4. The van der Waals surface area contributed by atoms with Crippen LogP contribution in [0.5, 0.6) is 11.6 Å². The molecule has 0 unspecified atom stereocenters. The summed E-state index contributed by atoms with van der Waals surface area (Å²) in [6.45, 7) is 8.95. The van der Waals surface area contributed by atoms with E-state index in [0.717, 1.165) is 55.4 Å². The van der Waals surface area contributed by atoms with E-state index < -0.39 is 0 Å². The molecule has 0 radical (unpaired) electrons. The SMILES string of the molecule is CCCNCc1c(C)nn(C)c1Oc1cnn(CCC)c1. The molecule has 2 aromatic heterocycles. The molecule has 0 saturated carbocycles. The van der Waals surface area contributed by atoms with Crippen molar-refractivity contribution in [2.24, 2.45) is 7.05 Å². The van der Waals surface area contributed by atoms with Gasteiger partial charge in [0.25, 0.3) is 0 Å². The van der Waals surface area contributed by atoms with Crippen LogP contribution in [0.2, 0.25) is 0 Å². The van der Waals surface area contributed by atoms with Crippen LogP contribution in [-0.2, 0) is 20.1 Å². The molecule has 0 atom stereocenters. The van der Waals surface area contributed by atoms with Crippen LogP contribution < -0.4 is 10.1 Å². The summed E-state index contributed by atoms with van der Waals surface area (Å²) in [5.74, 6) is 1.54. The second-order valence-electron chi connectivity index (χ2n) is 5.21. The van der Waals surface area contributed by atoms with Gasteiger partial charge in [-0.1, -0.05) is 13.8 Å². The molecule has 1 N–H and O–H groups in total. The predicted molar refractivity (Wildman–Crippen MR) is 82.5 cm³/mol. The minimum atomic E-state index is 0.753. The molecule has 116 valence electrons. The van der Waals surface area contributed by atoms with Crippen LogP contribution in [-0.4, -0.2) is 26.1 Å². The lowest BCUT2D eigenvalue weighted by molar-refractivity contribution is 0.423. The number of ether oxygens (including phenoxy) is 1. The van der Waals surface area contributed by atoms with Crippen molar-refractivity contribution in [1.29, 1.82) is 0 Å².